The van der Waals surface area contributed by atoms with Crippen LogP contribution in [0.5, 0.6) is 0 Å². The Morgan fingerprint density at radius 2 is 2.00 bits per heavy atom. The third kappa shape index (κ3) is 3.46. The first-order valence-electron chi connectivity index (χ1n) is 7.29. The van der Waals surface area contributed by atoms with Gasteiger partial charge in [-0.05, 0) is 44.2 Å². The Kier molecular flexibility index (Phi) is 4.66. The van der Waals surface area contributed by atoms with Crippen LogP contribution >= 0.6 is 0 Å². The molecule has 0 bridgehead atoms. The summed E-state index contributed by atoms with van der Waals surface area (Å²) in [5, 5.41) is 3.74. The molecular formula is C14H28N2. The van der Waals surface area contributed by atoms with E-state index >= 15 is 0 Å². The van der Waals surface area contributed by atoms with Crippen LogP contribution in [0.3, 0.4) is 0 Å². The Labute approximate surface area is 101 Å². The summed E-state index contributed by atoms with van der Waals surface area (Å²) < 4.78 is 0. The van der Waals surface area contributed by atoms with E-state index in [0.717, 1.165) is 17.9 Å². The number of nitrogens with zero attached hydrogens (tertiary/aromatic N) is 1. The Bertz CT molecular complexity index is 197. The summed E-state index contributed by atoms with van der Waals surface area (Å²) in [4.78, 5) is 2.72. The molecule has 1 heterocycles. The molecule has 0 aromatic carbocycles. The molecule has 0 radical (unpaired) electrons. The third-order valence-corrected chi connectivity index (χ3v) is 4.37. The molecule has 1 aliphatic carbocycles. The van der Waals surface area contributed by atoms with E-state index < -0.39 is 0 Å². The fraction of sp³-hybridized carbons (Fsp3) is 1.00. The van der Waals surface area contributed by atoms with Crippen LogP contribution in [0.4, 0.5) is 0 Å². The van der Waals surface area contributed by atoms with E-state index in [1.165, 1.54) is 58.3 Å². The molecule has 1 atom stereocenters. The van der Waals surface area contributed by atoms with Crippen LogP contribution in [0.15, 0.2) is 0 Å². The Balaban J connectivity index is 1.82. The highest BCUT2D eigenvalue weighted by atomic mass is 15.2. The summed E-state index contributed by atoms with van der Waals surface area (Å²) in [6.07, 6.45) is 6.96. The van der Waals surface area contributed by atoms with E-state index in [1.54, 1.807) is 0 Å². The number of hydrogen-bond donors (Lipinski definition) is 1. The van der Waals surface area contributed by atoms with Crippen LogP contribution < -0.4 is 5.32 Å². The van der Waals surface area contributed by atoms with Crippen molar-refractivity contribution in [3.05, 3.63) is 0 Å². The zero-order valence-corrected chi connectivity index (χ0v) is 11.0. The first-order chi connectivity index (χ1) is 7.83. The van der Waals surface area contributed by atoms with Crippen molar-refractivity contribution in [1.29, 1.82) is 0 Å². The highest BCUT2D eigenvalue weighted by molar-refractivity contribution is 4.90. The van der Waals surface area contributed by atoms with Crippen molar-refractivity contribution in [2.24, 2.45) is 11.8 Å². The zero-order chi connectivity index (χ0) is 11.4. The summed E-state index contributed by atoms with van der Waals surface area (Å²) in [5.41, 5.74) is 0. The molecule has 0 spiro atoms. The van der Waals surface area contributed by atoms with Gasteiger partial charge in [0.1, 0.15) is 0 Å². The van der Waals surface area contributed by atoms with Gasteiger partial charge in [0.15, 0.2) is 0 Å². The van der Waals surface area contributed by atoms with E-state index in [1.807, 2.05) is 0 Å². The van der Waals surface area contributed by atoms with Gasteiger partial charge in [-0.25, -0.2) is 0 Å². The predicted octanol–water partition coefficient (Wildman–Crippen LogP) is 2.50. The molecule has 1 aliphatic heterocycles. The van der Waals surface area contributed by atoms with Gasteiger partial charge in [0.25, 0.3) is 0 Å². The summed E-state index contributed by atoms with van der Waals surface area (Å²) in [6.45, 7) is 9.86. The van der Waals surface area contributed by atoms with E-state index in [4.69, 9.17) is 0 Å². The second-order valence-corrected chi connectivity index (χ2v) is 5.69. The van der Waals surface area contributed by atoms with E-state index in [2.05, 4.69) is 24.1 Å². The summed E-state index contributed by atoms with van der Waals surface area (Å²) in [5.74, 6) is 1.92. The number of nitrogens with one attached hydrogen (secondary N) is 1. The van der Waals surface area contributed by atoms with Crippen LogP contribution in [0.1, 0.15) is 46.0 Å². The average molecular weight is 224 g/mol. The topological polar surface area (TPSA) is 15.3 Å². The maximum Gasteiger partial charge on any atom is 0.0223 e. The van der Waals surface area contributed by atoms with Gasteiger partial charge >= 0.3 is 0 Å². The minimum Gasteiger partial charge on any atom is -0.312 e. The van der Waals surface area contributed by atoms with Crippen LogP contribution in [-0.4, -0.2) is 37.1 Å². The standard InChI is InChI=1S/C14H28N2/c1-3-12(4-2)10-16-9-5-8-15-14(11-16)13-6-7-13/h12-15H,3-11H2,1-2H3. The lowest BCUT2D eigenvalue weighted by Gasteiger charge is -2.27. The van der Waals surface area contributed by atoms with Crippen molar-refractivity contribution in [2.45, 2.75) is 52.0 Å². The molecule has 1 saturated heterocycles. The fourth-order valence-corrected chi connectivity index (χ4v) is 2.92. The van der Waals surface area contributed by atoms with Crippen LogP contribution in [0.25, 0.3) is 0 Å². The van der Waals surface area contributed by atoms with Crippen molar-refractivity contribution < 1.29 is 0 Å². The van der Waals surface area contributed by atoms with Crippen LogP contribution in [0, 0.1) is 11.8 Å². The lowest BCUT2D eigenvalue weighted by Crippen LogP contribution is -2.40. The second kappa shape index (κ2) is 6.02. The van der Waals surface area contributed by atoms with E-state index in [0.29, 0.717) is 0 Å². The molecule has 2 heteroatoms. The van der Waals surface area contributed by atoms with Gasteiger partial charge in [0.2, 0.25) is 0 Å². The molecule has 2 rings (SSSR count). The molecular weight excluding hydrogens is 196 g/mol. The quantitative estimate of drug-likeness (QED) is 0.772. The van der Waals surface area contributed by atoms with Gasteiger partial charge in [-0.3, -0.25) is 0 Å². The van der Waals surface area contributed by atoms with Gasteiger partial charge in [0, 0.05) is 19.1 Å². The molecule has 2 aliphatic rings. The molecule has 0 aromatic rings. The molecule has 1 saturated carbocycles. The minimum absolute atomic E-state index is 0.803. The third-order valence-electron chi connectivity index (χ3n) is 4.37. The summed E-state index contributed by atoms with van der Waals surface area (Å²) in [7, 11) is 0. The van der Waals surface area contributed by atoms with Gasteiger partial charge in [0.05, 0.1) is 0 Å². The molecule has 94 valence electrons. The van der Waals surface area contributed by atoms with E-state index in [-0.39, 0.29) is 0 Å². The summed E-state index contributed by atoms with van der Waals surface area (Å²) in [6, 6.07) is 0.803. The molecule has 0 amide bonds. The maximum atomic E-state index is 3.74. The van der Waals surface area contributed by atoms with Crippen molar-refractivity contribution in [3.63, 3.8) is 0 Å². The number of hydrogen-bond acceptors (Lipinski definition) is 2. The first-order valence-corrected chi connectivity index (χ1v) is 7.29. The monoisotopic (exact) mass is 224 g/mol. The van der Waals surface area contributed by atoms with Gasteiger partial charge in [-0.15, -0.1) is 0 Å². The van der Waals surface area contributed by atoms with Gasteiger partial charge in [-0.2, -0.15) is 0 Å². The van der Waals surface area contributed by atoms with Gasteiger partial charge in [-0.1, -0.05) is 26.7 Å². The molecule has 2 nitrogen and oxygen atoms in total. The largest absolute Gasteiger partial charge is 0.312 e. The molecule has 0 aromatic heterocycles. The predicted molar refractivity (Wildman–Crippen MR) is 69.6 cm³/mol. The average Bonchev–Trinajstić information content (AvgIpc) is 3.11. The Morgan fingerprint density at radius 3 is 2.62 bits per heavy atom. The smallest absolute Gasteiger partial charge is 0.0223 e. The highest BCUT2D eigenvalue weighted by Crippen LogP contribution is 2.33. The second-order valence-electron chi connectivity index (χ2n) is 5.69. The lowest BCUT2D eigenvalue weighted by atomic mass is 10.0. The van der Waals surface area contributed by atoms with Gasteiger partial charge < -0.3 is 10.2 Å². The normalized spacial score (nSPS) is 28.3. The Morgan fingerprint density at radius 1 is 1.25 bits per heavy atom. The van der Waals surface area contributed by atoms with E-state index in [9.17, 15) is 0 Å². The Hall–Kier alpha value is -0.0800. The molecule has 2 fully saturated rings. The van der Waals surface area contributed by atoms with Crippen molar-refractivity contribution >= 4 is 0 Å². The SMILES string of the molecule is CCC(CC)CN1CCCNC(C2CC2)C1. The maximum absolute atomic E-state index is 3.74. The van der Waals surface area contributed by atoms with Crippen LogP contribution in [-0.2, 0) is 0 Å². The van der Waals surface area contributed by atoms with Crippen molar-refractivity contribution in [1.82, 2.24) is 10.2 Å². The number of rotatable bonds is 5. The van der Waals surface area contributed by atoms with Crippen molar-refractivity contribution in [3.8, 4) is 0 Å². The highest BCUT2D eigenvalue weighted by Gasteiger charge is 2.33. The fourth-order valence-electron chi connectivity index (χ4n) is 2.92. The zero-order valence-electron chi connectivity index (χ0n) is 11.0. The molecule has 1 unspecified atom stereocenters. The minimum atomic E-state index is 0.803. The summed E-state index contributed by atoms with van der Waals surface area (Å²) >= 11 is 0. The van der Waals surface area contributed by atoms with Crippen molar-refractivity contribution in [2.75, 3.05) is 26.2 Å². The lowest BCUT2D eigenvalue weighted by molar-refractivity contribution is 0.214. The first kappa shape index (κ1) is 12.4. The molecule has 16 heavy (non-hydrogen) atoms. The molecule has 1 N–H and O–H groups in total. The van der Waals surface area contributed by atoms with Crippen LogP contribution in [0.2, 0.25) is 0 Å².